The van der Waals surface area contributed by atoms with Crippen molar-refractivity contribution in [3.63, 3.8) is 0 Å². The zero-order valence-electron chi connectivity index (χ0n) is 19.1. The Bertz CT molecular complexity index is 1360. The molecule has 36 heavy (non-hydrogen) atoms. The molecule has 5 rings (SSSR count). The number of fused-ring (bicyclic) bond motifs is 2. The van der Waals surface area contributed by atoms with E-state index in [0.717, 1.165) is 11.1 Å². The van der Waals surface area contributed by atoms with Gasteiger partial charge in [0.05, 0.1) is 6.10 Å². The summed E-state index contributed by atoms with van der Waals surface area (Å²) in [5, 5.41) is 12.8. The highest BCUT2D eigenvalue weighted by molar-refractivity contribution is 6.31. The maximum Gasteiger partial charge on any atom is 0.258 e. The number of amides is 2. The Morgan fingerprint density at radius 3 is 2.50 bits per heavy atom. The Kier molecular flexibility index (Phi) is 6.79. The molecule has 6 nitrogen and oxygen atoms in total. The summed E-state index contributed by atoms with van der Waals surface area (Å²) < 4.78 is 0. The first-order valence-electron chi connectivity index (χ1n) is 11.4. The highest BCUT2D eigenvalue weighted by Gasteiger charge is 2.52. The third-order valence-corrected chi connectivity index (χ3v) is 7.60. The van der Waals surface area contributed by atoms with Crippen molar-refractivity contribution in [2.24, 2.45) is 0 Å². The Hall–Kier alpha value is -2.90. The number of piperidine rings is 1. The number of hydrogen-bond acceptors (Lipinski definition) is 4. The number of benzene rings is 2. The molecule has 1 N–H and O–H groups in total. The van der Waals surface area contributed by atoms with Crippen molar-refractivity contribution in [3.05, 3.63) is 98.8 Å². The number of anilines is 1. The lowest BCUT2D eigenvalue weighted by Gasteiger charge is -2.43. The number of aromatic nitrogens is 1. The van der Waals surface area contributed by atoms with Gasteiger partial charge in [0.15, 0.2) is 0 Å². The number of aliphatic hydroxyl groups excluding tert-OH is 1. The van der Waals surface area contributed by atoms with Gasteiger partial charge in [-0.1, -0.05) is 46.9 Å². The van der Waals surface area contributed by atoms with E-state index < -0.39 is 11.5 Å². The van der Waals surface area contributed by atoms with Crippen molar-refractivity contribution in [3.8, 4) is 0 Å². The fourth-order valence-corrected chi connectivity index (χ4v) is 5.46. The van der Waals surface area contributed by atoms with Gasteiger partial charge in [0.1, 0.15) is 5.15 Å². The quantitative estimate of drug-likeness (QED) is 0.363. The summed E-state index contributed by atoms with van der Waals surface area (Å²) in [5.41, 5.74) is 2.01. The predicted molar refractivity (Wildman–Crippen MR) is 142 cm³/mol. The predicted octanol–water partition coefficient (Wildman–Crippen LogP) is 5.25. The van der Waals surface area contributed by atoms with E-state index in [1.165, 1.54) is 18.3 Å². The van der Waals surface area contributed by atoms with E-state index in [1.807, 2.05) is 18.2 Å². The Morgan fingerprint density at radius 2 is 1.78 bits per heavy atom. The minimum atomic E-state index is -0.893. The minimum Gasteiger partial charge on any atom is -0.390 e. The van der Waals surface area contributed by atoms with E-state index in [1.54, 1.807) is 46.2 Å². The third kappa shape index (κ3) is 4.62. The average molecular weight is 543 g/mol. The van der Waals surface area contributed by atoms with Crippen LogP contribution in [0.5, 0.6) is 0 Å². The fraction of sp³-hybridized carbons (Fsp3) is 0.222. The molecule has 184 valence electrons. The Morgan fingerprint density at radius 1 is 1.03 bits per heavy atom. The molecule has 2 aromatic carbocycles. The van der Waals surface area contributed by atoms with Crippen LogP contribution in [0, 0.1) is 0 Å². The van der Waals surface area contributed by atoms with Gasteiger partial charge in [0.2, 0.25) is 5.91 Å². The number of rotatable bonds is 3. The lowest BCUT2D eigenvalue weighted by Crippen LogP contribution is -2.56. The van der Waals surface area contributed by atoms with E-state index in [2.05, 4.69) is 4.98 Å². The van der Waals surface area contributed by atoms with Crippen LogP contribution < -0.4 is 4.90 Å². The molecule has 2 unspecified atom stereocenters. The van der Waals surface area contributed by atoms with Crippen LogP contribution in [0.1, 0.15) is 27.9 Å². The van der Waals surface area contributed by atoms with E-state index >= 15 is 0 Å². The second-order valence-corrected chi connectivity index (χ2v) is 10.3. The van der Waals surface area contributed by atoms with Crippen molar-refractivity contribution in [2.75, 3.05) is 24.5 Å². The summed E-state index contributed by atoms with van der Waals surface area (Å²) in [6, 6.07) is 15.6. The van der Waals surface area contributed by atoms with Gasteiger partial charge in [-0.3, -0.25) is 9.59 Å². The van der Waals surface area contributed by atoms with E-state index in [0.29, 0.717) is 34.3 Å². The molecule has 2 atom stereocenters. The van der Waals surface area contributed by atoms with Crippen LogP contribution in [-0.4, -0.2) is 52.5 Å². The molecule has 1 aromatic heterocycles. The first-order valence-corrected chi connectivity index (χ1v) is 12.5. The van der Waals surface area contributed by atoms with Gasteiger partial charge in [0.25, 0.3) is 5.91 Å². The molecule has 9 heteroatoms. The van der Waals surface area contributed by atoms with Gasteiger partial charge >= 0.3 is 0 Å². The van der Waals surface area contributed by atoms with Gasteiger partial charge in [0, 0.05) is 58.6 Å². The zero-order chi connectivity index (χ0) is 25.4. The largest absolute Gasteiger partial charge is 0.390 e. The number of halogens is 3. The number of likely N-dealkylation sites (tertiary alicyclic amines) is 1. The van der Waals surface area contributed by atoms with Crippen molar-refractivity contribution < 1.29 is 14.7 Å². The molecule has 2 amide bonds. The van der Waals surface area contributed by atoms with Gasteiger partial charge in [-0.2, -0.15) is 0 Å². The van der Waals surface area contributed by atoms with Gasteiger partial charge < -0.3 is 14.9 Å². The van der Waals surface area contributed by atoms with Gasteiger partial charge in [-0.15, -0.1) is 0 Å². The SMILES string of the molecule is O=C(/C=C/c1ccc(Cl)cc1)N1CCC2(CN(C(=O)c3ccnc(Cl)c3)c3ccc(Cl)cc32)C(O)C1. The summed E-state index contributed by atoms with van der Waals surface area (Å²) in [6.45, 7) is 0.833. The molecular weight excluding hydrogens is 521 g/mol. The number of carbonyl (C=O) groups is 2. The Balaban J connectivity index is 1.38. The smallest absolute Gasteiger partial charge is 0.258 e. The standard InChI is InChI=1S/C27H22Cl3N3O3/c28-19-4-1-17(2-5-19)3-8-25(35)32-12-10-27(23(34)15-32)16-33(22-7-6-20(29)14-21(22)27)26(36)18-9-11-31-24(30)13-18/h1-9,11,13-14,23,34H,10,12,15-16H2/b8-3+. The fourth-order valence-electron chi connectivity index (χ4n) is 4.99. The van der Waals surface area contributed by atoms with Crippen molar-refractivity contribution in [2.45, 2.75) is 17.9 Å². The molecule has 0 radical (unpaired) electrons. The molecule has 0 saturated carbocycles. The van der Waals surface area contributed by atoms with Crippen LogP contribution in [0.3, 0.4) is 0 Å². The van der Waals surface area contributed by atoms with Crippen LogP contribution in [0.4, 0.5) is 5.69 Å². The Labute approximate surface area is 223 Å². The molecule has 3 heterocycles. The van der Waals surface area contributed by atoms with Crippen LogP contribution in [-0.2, 0) is 10.2 Å². The molecule has 0 aliphatic carbocycles. The first kappa shape index (κ1) is 24.8. The lowest BCUT2D eigenvalue weighted by molar-refractivity contribution is -0.130. The zero-order valence-corrected chi connectivity index (χ0v) is 21.3. The first-order chi connectivity index (χ1) is 17.3. The summed E-state index contributed by atoms with van der Waals surface area (Å²) in [5.74, 6) is -0.432. The van der Waals surface area contributed by atoms with Gasteiger partial charge in [-0.25, -0.2) is 4.98 Å². The van der Waals surface area contributed by atoms with E-state index in [4.69, 9.17) is 34.8 Å². The van der Waals surface area contributed by atoms with Crippen molar-refractivity contribution >= 4 is 58.4 Å². The second kappa shape index (κ2) is 9.87. The summed E-state index contributed by atoms with van der Waals surface area (Å²) in [6.07, 6.45) is 4.29. The average Bonchev–Trinajstić information content (AvgIpc) is 3.19. The highest BCUT2D eigenvalue weighted by atomic mass is 35.5. The van der Waals surface area contributed by atoms with Crippen LogP contribution >= 0.6 is 34.8 Å². The molecule has 0 bridgehead atoms. The number of nitrogens with zero attached hydrogens (tertiary/aromatic N) is 3. The van der Waals surface area contributed by atoms with Crippen LogP contribution in [0.25, 0.3) is 6.08 Å². The maximum absolute atomic E-state index is 13.4. The summed E-state index contributed by atoms with van der Waals surface area (Å²) in [4.78, 5) is 33.5. The normalized spacial score (nSPS) is 21.3. The monoisotopic (exact) mass is 541 g/mol. The number of aliphatic hydroxyl groups is 1. The molecular formula is C27H22Cl3N3O3. The van der Waals surface area contributed by atoms with Crippen LogP contribution in [0.2, 0.25) is 15.2 Å². The maximum atomic E-state index is 13.4. The molecule has 3 aromatic rings. The van der Waals surface area contributed by atoms with E-state index in [9.17, 15) is 14.7 Å². The summed E-state index contributed by atoms with van der Waals surface area (Å²) >= 11 is 18.3. The summed E-state index contributed by atoms with van der Waals surface area (Å²) in [7, 11) is 0. The van der Waals surface area contributed by atoms with E-state index in [-0.39, 0.29) is 30.1 Å². The number of pyridine rings is 1. The van der Waals surface area contributed by atoms with Crippen LogP contribution in [0.15, 0.2) is 66.9 Å². The van der Waals surface area contributed by atoms with Crippen molar-refractivity contribution in [1.29, 1.82) is 0 Å². The third-order valence-electron chi connectivity index (χ3n) is 6.90. The molecule has 1 saturated heterocycles. The lowest BCUT2D eigenvalue weighted by atomic mass is 9.72. The second-order valence-electron chi connectivity index (χ2n) is 9.01. The topological polar surface area (TPSA) is 73.7 Å². The molecule has 2 aliphatic heterocycles. The molecule has 1 fully saturated rings. The number of β-amino-alcohol motifs (C(OH)–C–C–N with tert-alkyl or cyclic N) is 1. The number of hydrogen-bond donors (Lipinski definition) is 1. The van der Waals surface area contributed by atoms with Gasteiger partial charge in [-0.05, 0) is 66.1 Å². The molecule has 1 spiro atoms. The minimum absolute atomic E-state index is 0.138. The number of carbonyl (C=O) groups excluding carboxylic acids is 2. The van der Waals surface area contributed by atoms with Crippen molar-refractivity contribution in [1.82, 2.24) is 9.88 Å². The highest BCUT2D eigenvalue weighted by Crippen LogP contribution is 2.48. The molecule has 2 aliphatic rings.